The number of aliphatic hydroxyl groups excluding tert-OH is 1. The number of anilines is 1. The number of phenolic OH excluding ortho intramolecular Hbond substituents is 1. The number of hydrogen-bond acceptors (Lipinski definition) is 17. The number of azo groups is 2. The third kappa shape index (κ3) is 10.6. The van der Waals surface area contributed by atoms with Gasteiger partial charge in [-0.3, -0.25) is 9.11 Å². The average molecular weight is 813 g/mol. The Morgan fingerprint density at radius 2 is 1.31 bits per heavy atom. The molecule has 0 heterocycles. The Hall–Kier alpha value is -4.85. The van der Waals surface area contributed by atoms with Gasteiger partial charge in [0.25, 0.3) is 20.2 Å². The van der Waals surface area contributed by atoms with E-state index in [1.807, 2.05) is 0 Å². The van der Waals surface area contributed by atoms with Gasteiger partial charge >= 0.3 is 0 Å². The van der Waals surface area contributed by atoms with Crippen LogP contribution < -0.4 is 19.9 Å². The molecule has 0 aliphatic heterocycles. The molecule has 54 heavy (non-hydrogen) atoms. The van der Waals surface area contributed by atoms with Crippen molar-refractivity contribution in [3.05, 3.63) is 54.6 Å². The summed E-state index contributed by atoms with van der Waals surface area (Å²) >= 11 is 0. The summed E-state index contributed by atoms with van der Waals surface area (Å²) in [4.78, 5) is -1.66. The summed E-state index contributed by atoms with van der Waals surface area (Å²) in [6, 6.07) is 10.7. The number of fused-ring (bicyclic) bond motifs is 1. The highest BCUT2D eigenvalue weighted by Gasteiger charge is 2.25. The van der Waals surface area contributed by atoms with Crippen molar-refractivity contribution in [2.75, 3.05) is 59.5 Å². The maximum atomic E-state index is 12.7. The number of sulfonamides is 1. The first-order valence-corrected chi connectivity index (χ1v) is 19.9. The van der Waals surface area contributed by atoms with Gasteiger partial charge in [0.15, 0.2) is 5.75 Å². The van der Waals surface area contributed by atoms with Crippen LogP contribution in [0.2, 0.25) is 0 Å². The van der Waals surface area contributed by atoms with Gasteiger partial charge in [-0.15, -0.1) is 15.3 Å². The van der Waals surface area contributed by atoms with Gasteiger partial charge in [0.05, 0.1) is 56.1 Å². The second-order valence-corrected chi connectivity index (χ2v) is 15.5. The molecule has 4 aromatic carbocycles. The van der Waals surface area contributed by atoms with E-state index < -0.39 is 51.5 Å². The van der Waals surface area contributed by atoms with Gasteiger partial charge in [-0.25, -0.2) is 13.1 Å². The molecule has 7 N–H and O–H groups in total. The van der Waals surface area contributed by atoms with E-state index in [1.165, 1.54) is 50.6 Å². The highest BCUT2D eigenvalue weighted by Crippen LogP contribution is 2.46. The number of nitrogen functional groups attached to an aromatic ring is 1. The van der Waals surface area contributed by atoms with Crippen molar-refractivity contribution >= 4 is 69.5 Å². The Morgan fingerprint density at radius 3 is 1.87 bits per heavy atom. The van der Waals surface area contributed by atoms with Crippen LogP contribution >= 0.6 is 0 Å². The predicted molar refractivity (Wildman–Crippen MR) is 193 cm³/mol. The number of nitrogens with one attached hydrogen (secondary N) is 1. The molecule has 4 rings (SSSR count). The fourth-order valence-electron chi connectivity index (χ4n) is 4.71. The molecule has 0 radical (unpaired) electrons. The van der Waals surface area contributed by atoms with Crippen LogP contribution in [0, 0.1) is 0 Å². The first-order valence-electron chi connectivity index (χ1n) is 15.5. The molecular formula is C31H36N6O14S3. The smallest absolute Gasteiger partial charge is 0.296 e. The molecule has 4 aromatic rings. The van der Waals surface area contributed by atoms with Crippen LogP contribution in [0.4, 0.5) is 28.4 Å². The molecular weight excluding hydrogens is 777 g/mol. The average Bonchev–Trinajstić information content (AvgIpc) is 3.11. The number of aromatic hydroxyl groups is 1. The molecule has 292 valence electrons. The van der Waals surface area contributed by atoms with Gasteiger partial charge in [-0.1, -0.05) is 0 Å². The van der Waals surface area contributed by atoms with Crippen molar-refractivity contribution in [3.63, 3.8) is 0 Å². The fraction of sp³-hybridized carbons (Fsp3) is 0.290. The number of ether oxygens (including phenoxy) is 4. The first-order chi connectivity index (χ1) is 25.5. The molecule has 20 nitrogen and oxygen atoms in total. The molecule has 0 fully saturated rings. The lowest BCUT2D eigenvalue weighted by Gasteiger charge is -2.12. The molecule has 0 unspecified atom stereocenters. The Kier molecular flexibility index (Phi) is 14.0. The van der Waals surface area contributed by atoms with Gasteiger partial charge in [-0.05, 0) is 54.3 Å². The van der Waals surface area contributed by atoms with Crippen molar-refractivity contribution in [1.82, 2.24) is 4.72 Å². The van der Waals surface area contributed by atoms with Crippen molar-refractivity contribution in [2.45, 2.75) is 21.1 Å². The fourth-order valence-corrected chi connectivity index (χ4v) is 7.00. The van der Waals surface area contributed by atoms with Crippen LogP contribution in [0.5, 0.6) is 17.2 Å². The van der Waals surface area contributed by atoms with Gasteiger partial charge in [-0.2, -0.15) is 21.9 Å². The third-order valence-corrected chi connectivity index (χ3v) is 10.4. The van der Waals surface area contributed by atoms with Crippen LogP contribution in [0.15, 0.2) is 89.7 Å². The number of phenols is 1. The largest absolute Gasteiger partial charge is 0.505 e. The van der Waals surface area contributed by atoms with E-state index in [4.69, 9.17) is 29.8 Å². The van der Waals surface area contributed by atoms with Crippen LogP contribution in [0.1, 0.15) is 6.42 Å². The second kappa shape index (κ2) is 18.0. The third-order valence-electron chi connectivity index (χ3n) is 7.25. The summed E-state index contributed by atoms with van der Waals surface area (Å²) in [5.41, 5.74) is 5.13. The molecule has 0 amide bonds. The highest BCUT2D eigenvalue weighted by molar-refractivity contribution is 7.89. The molecule has 0 spiro atoms. The van der Waals surface area contributed by atoms with Crippen molar-refractivity contribution in [1.29, 1.82) is 0 Å². The minimum atomic E-state index is -5.10. The molecule has 0 aliphatic carbocycles. The lowest BCUT2D eigenvalue weighted by molar-refractivity contribution is 0.0328. The van der Waals surface area contributed by atoms with Gasteiger partial charge in [0.1, 0.15) is 33.5 Å². The summed E-state index contributed by atoms with van der Waals surface area (Å²) in [6.45, 7) is 1.23. The van der Waals surface area contributed by atoms with E-state index in [1.54, 1.807) is 0 Å². The van der Waals surface area contributed by atoms with Crippen molar-refractivity contribution in [3.8, 4) is 17.2 Å². The summed E-state index contributed by atoms with van der Waals surface area (Å²) in [5, 5.41) is 35.3. The quantitative estimate of drug-likeness (QED) is 0.0335. The summed E-state index contributed by atoms with van der Waals surface area (Å²) in [6.07, 6.45) is 0.423. The van der Waals surface area contributed by atoms with Crippen molar-refractivity contribution in [2.24, 2.45) is 20.5 Å². The summed E-state index contributed by atoms with van der Waals surface area (Å²) < 4.78 is 116. The van der Waals surface area contributed by atoms with E-state index in [0.717, 1.165) is 18.2 Å². The maximum absolute atomic E-state index is 12.7. The number of methoxy groups -OCH3 is 2. The molecule has 0 saturated heterocycles. The SMILES string of the molecule is COc1cc(N=Nc2c(S(=O)(=O)O)cc3cc(S(=O)(=O)O)cc(N)c3c2O)c(OC)cc1N=Nc1ccc(S(=O)(=O)NCCCOCCOCCO)cc1. The zero-order chi connectivity index (χ0) is 39.7. The van der Waals surface area contributed by atoms with Crippen LogP contribution in [0.25, 0.3) is 10.8 Å². The van der Waals surface area contributed by atoms with Gasteiger partial charge in [0, 0.05) is 36.4 Å². The number of hydrogen-bond donors (Lipinski definition) is 6. The standard InChI is InChI=1S/C31H36N6O14S3/c1-48-26-18-25(36-37-30-28(54(45,46)47)15-19-14-22(53(42,43)44)16-23(32)29(19)31(30)39)27(49-2)17-24(26)35-34-20-4-6-21(7-5-20)52(40,41)33-8-3-10-50-12-13-51-11-9-38/h4-7,14-18,33,38-39H,3,8-13,32H2,1-2H3,(H,42,43,44)(H,45,46,47). The minimum Gasteiger partial charge on any atom is -0.505 e. The van der Waals surface area contributed by atoms with Crippen molar-refractivity contribution < 1.29 is 63.5 Å². The van der Waals surface area contributed by atoms with E-state index in [9.17, 15) is 39.5 Å². The van der Waals surface area contributed by atoms with E-state index >= 15 is 0 Å². The number of aliphatic hydroxyl groups is 1. The first kappa shape index (κ1) is 41.9. The lowest BCUT2D eigenvalue weighted by Crippen LogP contribution is -2.25. The Balaban J connectivity index is 1.55. The topological polar surface area (TPSA) is 308 Å². The number of nitrogens with zero attached hydrogens (tertiary/aromatic N) is 4. The van der Waals surface area contributed by atoms with Crippen LogP contribution in [-0.4, -0.2) is 98.4 Å². The van der Waals surface area contributed by atoms with Crippen LogP contribution in [0.3, 0.4) is 0 Å². The van der Waals surface area contributed by atoms with E-state index in [0.29, 0.717) is 26.2 Å². The zero-order valence-electron chi connectivity index (χ0n) is 28.6. The Morgan fingerprint density at radius 1 is 0.722 bits per heavy atom. The normalized spacial score (nSPS) is 12.6. The van der Waals surface area contributed by atoms with E-state index in [2.05, 4.69) is 25.2 Å². The zero-order valence-corrected chi connectivity index (χ0v) is 31.1. The van der Waals surface area contributed by atoms with Crippen LogP contribution in [-0.2, 0) is 39.7 Å². The monoisotopic (exact) mass is 812 g/mol. The Labute approximate surface area is 309 Å². The number of benzene rings is 4. The maximum Gasteiger partial charge on any atom is 0.296 e. The van der Waals surface area contributed by atoms with Gasteiger partial charge in [0.2, 0.25) is 10.0 Å². The Bertz CT molecular complexity index is 2370. The minimum absolute atomic E-state index is 0.00566. The lowest BCUT2D eigenvalue weighted by atomic mass is 10.1. The summed E-state index contributed by atoms with van der Waals surface area (Å²) in [7, 11) is -11.1. The second-order valence-electron chi connectivity index (χ2n) is 10.9. The highest BCUT2D eigenvalue weighted by atomic mass is 32.2. The molecule has 23 heteroatoms. The molecule has 0 saturated carbocycles. The van der Waals surface area contributed by atoms with E-state index in [-0.39, 0.29) is 69.7 Å². The summed E-state index contributed by atoms with van der Waals surface area (Å²) in [5.74, 6) is -0.775. The number of rotatable bonds is 19. The predicted octanol–water partition coefficient (Wildman–Crippen LogP) is 4.16. The molecule has 0 atom stereocenters. The molecule has 0 bridgehead atoms. The molecule has 0 aromatic heterocycles. The van der Waals surface area contributed by atoms with Gasteiger partial charge < -0.3 is 34.9 Å². The molecule has 0 aliphatic rings. The number of nitrogens with two attached hydrogens (primary N) is 1.